The summed E-state index contributed by atoms with van der Waals surface area (Å²) in [7, 11) is 0. The van der Waals surface area contributed by atoms with E-state index in [0.717, 1.165) is 31.5 Å². The number of Topliss-reactive ketones (excluding diaryl/α,β-unsaturated/α-hetero) is 1. The van der Waals surface area contributed by atoms with E-state index in [0.29, 0.717) is 6.54 Å². The average molecular weight is 279 g/mol. The van der Waals surface area contributed by atoms with Crippen molar-refractivity contribution in [3.8, 4) is 0 Å². The van der Waals surface area contributed by atoms with Gasteiger partial charge in [0.05, 0.1) is 6.54 Å². The smallest absolute Gasteiger partial charge is 0.176 e. The zero-order valence-corrected chi connectivity index (χ0v) is 12.5. The summed E-state index contributed by atoms with van der Waals surface area (Å²) in [5, 5.41) is 0. The molecule has 0 bridgehead atoms. The van der Waals surface area contributed by atoms with Gasteiger partial charge in [-0.1, -0.05) is 54.1 Å². The molecule has 0 unspecified atom stereocenters. The SMILES string of the molecule is Cc1ccc(C(=O)CN2CCc3ccccc3CC2)cc1. The van der Waals surface area contributed by atoms with E-state index >= 15 is 0 Å². The lowest BCUT2D eigenvalue weighted by atomic mass is 10.0. The molecule has 0 saturated carbocycles. The minimum Gasteiger partial charge on any atom is -0.295 e. The molecule has 1 heterocycles. The van der Waals surface area contributed by atoms with Crippen molar-refractivity contribution in [1.82, 2.24) is 4.90 Å². The first-order chi connectivity index (χ1) is 10.2. The van der Waals surface area contributed by atoms with Gasteiger partial charge in [0, 0.05) is 18.7 Å². The summed E-state index contributed by atoms with van der Waals surface area (Å²) in [4.78, 5) is 14.6. The van der Waals surface area contributed by atoms with Crippen LogP contribution in [0.1, 0.15) is 27.0 Å². The maximum atomic E-state index is 12.4. The predicted molar refractivity (Wildman–Crippen MR) is 85.8 cm³/mol. The summed E-state index contributed by atoms with van der Waals surface area (Å²) in [6.45, 7) is 4.50. The zero-order chi connectivity index (χ0) is 14.7. The number of hydrogen-bond acceptors (Lipinski definition) is 2. The standard InChI is InChI=1S/C19H21NO/c1-15-6-8-18(9-7-15)19(21)14-20-12-10-16-4-2-3-5-17(16)11-13-20/h2-9H,10-14H2,1H3. The van der Waals surface area contributed by atoms with Crippen LogP contribution in [-0.4, -0.2) is 30.3 Å². The lowest BCUT2D eigenvalue weighted by Crippen LogP contribution is -2.32. The van der Waals surface area contributed by atoms with Gasteiger partial charge in [0.15, 0.2) is 5.78 Å². The molecule has 0 aliphatic carbocycles. The zero-order valence-electron chi connectivity index (χ0n) is 12.5. The number of aryl methyl sites for hydroxylation is 1. The molecule has 3 rings (SSSR count). The molecular weight excluding hydrogens is 258 g/mol. The van der Waals surface area contributed by atoms with Gasteiger partial charge >= 0.3 is 0 Å². The second kappa shape index (κ2) is 6.23. The molecule has 0 radical (unpaired) electrons. The van der Waals surface area contributed by atoms with Gasteiger partial charge < -0.3 is 0 Å². The Kier molecular flexibility index (Phi) is 4.16. The van der Waals surface area contributed by atoms with Crippen molar-refractivity contribution in [3.05, 3.63) is 70.8 Å². The van der Waals surface area contributed by atoms with E-state index in [-0.39, 0.29) is 5.78 Å². The molecule has 2 heteroatoms. The average Bonchev–Trinajstić information content (AvgIpc) is 2.71. The third-order valence-electron chi connectivity index (χ3n) is 4.25. The number of hydrogen-bond donors (Lipinski definition) is 0. The van der Waals surface area contributed by atoms with Crippen LogP contribution in [0.15, 0.2) is 48.5 Å². The highest BCUT2D eigenvalue weighted by atomic mass is 16.1. The lowest BCUT2D eigenvalue weighted by molar-refractivity contribution is 0.0933. The molecule has 0 spiro atoms. The van der Waals surface area contributed by atoms with Crippen LogP contribution >= 0.6 is 0 Å². The van der Waals surface area contributed by atoms with Crippen LogP contribution in [0.4, 0.5) is 0 Å². The fourth-order valence-electron chi connectivity index (χ4n) is 2.91. The van der Waals surface area contributed by atoms with Gasteiger partial charge in [0.25, 0.3) is 0 Å². The Hall–Kier alpha value is -1.93. The van der Waals surface area contributed by atoms with Crippen LogP contribution in [-0.2, 0) is 12.8 Å². The summed E-state index contributed by atoms with van der Waals surface area (Å²) in [5.41, 5.74) is 4.88. The van der Waals surface area contributed by atoms with Gasteiger partial charge in [-0.3, -0.25) is 9.69 Å². The second-order valence-electron chi connectivity index (χ2n) is 5.83. The van der Waals surface area contributed by atoms with Crippen LogP contribution in [0, 0.1) is 6.92 Å². The minimum atomic E-state index is 0.223. The van der Waals surface area contributed by atoms with Crippen LogP contribution < -0.4 is 0 Å². The van der Waals surface area contributed by atoms with E-state index < -0.39 is 0 Å². The van der Waals surface area contributed by atoms with Crippen molar-refractivity contribution < 1.29 is 4.79 Å². The topological polar surface area (TPSA) is 20.3 Å². The number of carbonyl (C=O) groups excluding carboxylic acids is 1. The molecule has 0 N–H and O–H groups in total. The van der Waals surface area contributed by atoms with E-state index in [1.54, 1.807) is 0 Å². The van der Waals surface area contributed by atoms with E-state index in [1.807, 2.05) is 31.2 Å². The summed E-state index contributed by atoms with van der Waals surface area (Å²) < 4.78 is 0. The van der Waals surface area contributed by atoms with Crippen molar-refractivity contribution in [2.75, 3.05) is 19.6 Å². The second-order valence-corrected chi connectivity index (χ2v) is 5.83. The van der Waals surface area contributed by atoms with Gasteiger partial charge in [-0.05, 0) is 30.9 Å². The highest BCUT2D eigenvalue weighted by Crippen LogP contribution is 2.16. The molecule has 0 aromatic heterocycles. The van der Waals surface area contributed by atoms with Crippen LogP contribution in [0.3, 0.4) is 0 Å². The maximum absolute atomic E-state index is 12.4. The normalized spacial score (nSPS) is 15.3. The Morgan fingerprint density at radius 1 is 0.952 bits per heavy atom. The van der Waals surface area contributed by atoms with E-state index in [2.05, 4.69) is 29.2 Å². The Morgan fingerprint density at radius 2 is 1.52 bits per heavy atom. The number of carbonyl (C=O) groups is 1. The molecule has 2 aromatic carbocycles. The van der Waals surface area contributed by atoms with Gasteiger partial charge in [0.1, 0.15) is 0 Å². The Balaban J connectivity index is 1.64. The number of benzene rings is 2. The first-order valence-electron chi connectivity index (χ1n) is 7.61. The molecule has 108 valence electrons. The van der Waals surface area contributed by atoms with Crippen molar-refractivity contribution in [1.29, 1.82) is 0 Å². The van der Waals surface area contributed by atoms with E-state index in [4.69, 9.17) is 0 Å². The molecular formula is C19H21NO. The highest BCUT2D eigenvalue weighted by Gasteiger charge is 2.16. The molecule has 0 fully saturated rings. The van der Waals surface area contributed by atoms with Crippen LogP contribution in [0.5, 0.6) is 0 Å². The predicted octanol–water partition coefficient (Wildman–Crippen LogP) is 3.28. The third kappa shape index (κ3) is 3.40. The quantitative estimate of drug-likeness (QED) is 0.804. The van der Waals surface area contributed by atoms with Crippen molar-refractivity contribution in [3.63, 3.8) is 0 Å². The Bertz CT molecular complexity index is 603. The van der Waals surface area contributed by atoms with E-state index in [9.17, 15) is 4.79 Å². The lowest BCUT2D eigenvalue weighted by Gasteiger charge is -2.18. The minimum absolute atomic E-state index is 0.223. The van der Waals surface area contributed by atoms with Gasteiger partial charge in [-0.15, -0.1) is 0 Å². The Labute approximate surface area is 126 Å². The van der Waals surface area contributed by atoms with Gasteiger partial charge in [0.2, 0.25) is 0 Å². The highest BCUT2D eigenvalue weighted by molar-refractivity contribution is 5.97. The molecule has 0 atom stereocenters. The maximum Gasteiger partial charge on any atom is 0.176 e. The molecule has 2 nitrogen and oxygen atoms in total. The Morgan fingerprint density at radius 3 is 2.10 bits per heavy atom. The van der Waals surface area contributed by atoms with Gasteiger partial charge in [-0.2, -0.15) is 0 Å². The first kappa shape index (κ1) is 14.0. The van der Waals surface area contributed by atoms with Crippen LogP contribution in [0.25, 0.3) is 0 Å². The fraction of sp³-hybridized carbons (Fsp3) is 0.316. The molecule has 21 heavy (non-hydrogen) atoms. The summed E-state index contributed by atoms with van der Waals surface area (Å²) >= 11 is 0. The molecule has 2 aromatic rings. The number of fused-ring (bicyclic) bond motifs is 1. The van der Waals surface area contributed by atoms with Crippen LogP contribution in [0.2, 0.25) is 0 Å². The summed E-state index contributed by atoms with van der Waals surface area (Å²) in [6.07, 6.45) is 2.08. The third-order valence-corrected chi connectivity index (χ3v) is 4.25. The molecule has 0 saturated heterocycles. The number of ketones is 1. The van der Waals surface area contributed by atoms with E-state index in [1.165, 1.54) is 16.7 Å². The fourth-order valence-corrected chi connectivity index (χ4v) is 2.91. The first-order valence-corrected chi connectivity index (χ1v) is 7.61. The summed E-state index contributed by atoms with van der Waals surface area (Å²) in [5.74, 6) is 0.223. The largest absolute Gasteiger partial charge is 0.295 e. The monoisotopic (exact) mass is 279 g/mol. The molecule has 1 aliphatic heterocycles. The van der Waals surface area contributed by atoms with Gasteiger partial charge in [-0.25, -0.2) is 0 Å². The molecule has 1 aliphatic rings. The number of rotatable bonds is 3. The van der Waals surface area contributed by atoms with Crippen molar-refractivity contribution >= 4 is 5.78 Å². The summed E-state index contributed by atoms with van der Waals surface area (Å²) in [6, 6.07) is 16.5. The number of nitrogens with zero attached hydrogens (tertiary/aromatic N) is 1. The molecule has 0 amide bonds. The van der Waals surface area contributed by atoms with Crippen molar-refractivity contribution in [2.45, 2.75) is 19.8 Å². The van der Waals surface area contributed by atoms with Crippen molar-refractivity contribution in [2.24, 2.45) is 0 Å².